The highest BCUT2D eigenvalue weighted by atomic mass is 32.1. The minimum atomic E-state index is 0.683. The summed E-state index contributed by atoms with van der Waals surface area (Å²) in [7, 11) is 2.15. The number of likely N-dealkylation sites (N-methyl/N-ethyl adjacent to an activating group) is 1. The van der Waals surface area contributed by atoms with E-state index in [2.05, 4.69) is 34.4 Å². The van der Waals surface area contributed by atoms with Crippen LogP contribution in [0.2, 0.25) is 0 Å². The van der Waals surface area contributed by atoms with Gasteiger partial charge in [-0.2, -0.15) is 0 Å². The van der Waals surface area contributed by atoms with E-state index >= 15 is 0 Å². The van der Waals surface area contributed by atoms with Crippen LogP contribution in [0.1, 0.15) is 24.8 Å². The molecule has 0 saturated heterocycles. The normalized spacial score (nSPS) is 15.5. The maximum absolute atomic E-state index is 5.59. The second-order valence-corrected chi connectivity index (χ2v) is 5.33. The number of aromatic nitrogens is 2. The van der Waals surface area contributed by atoms with Crippen molar-refractivity contribution in [3.63, 3.8) is 0 Å². The van der Waals surface area contributed by atoms with E-state index in [1.54, 1.807) is 0 Å². The van der Waals surface area contributed by atoms with Gasteiger partial charge in [0.15, 0.2) is 0 Å². The summed E-state index contributed by atoms with van der Waals surface area (Å²) in [4.78, 5) is 2.35. The number of rotatable bonds is 8. The SMILES string of the molecule is CCNCc1nnc(OCCN(C)C2CC2)s1. The van der Waals surface area contributed by atoms with Gasteiger partial charge in [-0.1, -0.05) is 18.3 Å². The van der Waals surface area contributed by atoms with E-state index in [4.69, 9.17) is 4.74 Å². The lowest BCUT2D eigenvalue weighted by atomic mass is 10.5. The van der Waals surface area contributed by atoms with Crippen LogP contribution in [-0.4, -0.2) is 47.9 Å². The third-order valence-corrected chi connectivity index (χ3v) is 3.65. The Bertz CT molecular complexity index is 340. The van der Waals surface area contributed by atoms with Gasteiger partial charge in [0, 0.05) is 19.1 Å². The van der Waals surface area contributed by atoms with Gasteiger partial charge in [-0.3, -0.25) is 0 Å². The second kappa shape index (κ2) is 6.28. The number of nitrogens with one attached hydrogen (secondary N) is 1. The van der Waals surface area contributed by atoms with Crippen LogP contribution in [0, 0.1) is 0 Å². The van der Waals surface area contributed by atoms with E-state index in [-0.39, 0.29) is 0 Å². The molecule has 1 aromatic rings. The highest BCUT2D eigenvalue weighted by Crippen LogP contribution is 2.25. The van der Waals surface area contributed by atoms with Crippen LogP contribution in [0.5, 0.6) is 5.19 Å². The number of hydrogen-bond donors (Lipinski definition) is 1. The molecule has 0 spiro atoms. The second-order valence-electron chi connectivity index (χ2n) is 4.30. The molecule has 2 rings (SSSR count). The van der Waals surface area contributed by atoms with E-state index in [9.17, 15) is 0 Å². The quantitative estimate of drug-likeness (QED) is 0.755. The van der Waals surface area contributed by atoms with Crippen molar-refractivity contribution >= 4 is 11.3 Å². The Morgan fingerprint density at radius 1 is 1.47 bits per heavy atom. The molecular formula is C11H20N4OS. The van der Waals surface area contributed by atoms with Gasteiger partial charge in [0.05, 0.1) is 0 Å². The van der Waals surface area contributed by atoms with Crippen LogP contribution in [-0.2, 0) is 6.54 Å². The van der Waals surface area contributed by atoms with E-state index in [0.29, 0.717) is 11.8 Å². The molecule has 1 saturated carbocycles. The predicted molar refractivity (Wildman–Crippen MR) is 68.4 cm³/mol. The summed E-state index contributed by atoms with van der Waals surface area (Å²) in [5.41, 5.74) is 0. The maximum atomic E-state index is 5.59. The van der Waals surface area contributed by atoms with Crippen LogP contribution in [0.4, 0.5) is 0 Å². The van der Waals surface area contributed by atoms with Gasteiger partial charge in [0.1, 0.15) is 11.6 Å². The van der Waals surface area contributed by atoms with Crippen molar-refractivity contribution in [2.45, 2.75) is 32.4 Å². The highest BCUT2D eigenvalue weighted by molar-refractivity contribution is 7.13. The van der Waals surface area contributed by atoms with Crippen LogP contribution < -0.4 is 10.1 Å². The molecule has 1 aliphatic rings. The smallest absolute Gasteiger partial charge is 0.294 e. The average Bonchev–Trinajstić information content (AvgIpc) is 3.08. The van der Waals surface area contributed by atoms with Crippen LogP contribution in [0.15, 0.2) is 0 Å². The van der Waals surface area contributed by atoms with Crippen molar-refractivity contribution in [1.29, 1.82) is 0 Å². The topological polar surface area (TPSA) is 50.3 Å². The predicted octanol–water partition coefficient (Wildman–Crippen LogP) is 1.12. The third-order valence-electron chi connectivity index (χ3n) is 2.81. The summed E-state index contributed by atoms with van der Waals surface area (Å²) in [5, 5.41) is 13.0. The van der Waals surface area contributed by atoms with Gasteiger partial charge < -0.3 is 15.0 Å². The maximum Gasteiger partial charge on any atom is 0.294 e. The summed E-state index contributed by atoms with van der Waals surface area (Å²) in [6, 6.07) is 0.789. The molecule has 5 nitrogen and oxygen atoms in total. The fourth-order valence-electron chi connectivity index (χ4n) is 1.57. The molecule has 0 aromatic carbocycles. The molecule has 1 N–H and O–H groups in total. The van der Waals surface area contributed by atoms with Gasteiger partial charge >= 0.3 is 0 Å². The molecule has 17 heavy (non-hydrogen) atoms. The number of ether oxygens (including phenoxy) is 1. The Kier molecular flexibility index (Phi) is 4.70. The number of nitrogens with zero attached hydrogens (tertiary/aromatic N) is 3. The fraction of sp³-hybridized carbons (Fsp3) is 0.818. The Labute approximate surface area is 106 Å². The summed E-state index contributed by atoms with van der Waals surface area (Å²) < 4.78 is 5.59. The Hall–Kier alpha value is -0.720. The van der Waals surface area contributed by atoms with Crippen LogP contribution >= 0.6 is 11.3 Å². The molecule has 1 fully saturated rings. The Balaban J connectivity index is 1.65. The highest BCUT2D eigenvalue weighted by Gasteiger charge is 2.25. The lowest BCUT2D eigenvalue weighted by Gasteiger charge is -2.14. The molecule has 0 atom stereocenters. The van der Waals surface area contributed by atoms with Crippen molar-refractivity contribution < 1.29 is 4.74 Å². The zero-order chi connectivity index (χ0) is 12.1. The molecule has 0 unspecified atom stereocenters. The zero-order valence-corrected chi connectivity index (χ0v) is 11.3. The summed E-state index contributed by atoms with van der Waals surface area (Å²) in [6.07, 6.45) is 2.67. The largest absolute Gasteiger partial charge is 0.468 e. The molecule has 6 heteroatoms. The lowest BCUT2D eigenvalue weighted by Crippen LogP contribution is -2.26. The first-order valence-corrected chi connectivity index (χ1v) is 6.97. The first-order valence-electron chi connectivity index (χ1n) is 6.15. The minimum absolute atomic E-state index is 0.683. The average molecular weight is 256 g/mol. The van der Waals surface area contributed by atoms with Crippen molar-refractivity contribution in [2.24, 2.45) is 0 Å². The minimum Gasteiger partial charge on any atom is -0.468 e. The number of hydrogen-bond acceptors (Lipinski definition) is 6. The van der Waals surface area contributed by atoms with Gasteiger partial charge in [-0.15, -0.1) is 10.2 Å². The summed E-state index contributed by atoms with van der Waals surface area (Å²) in [5.74, 6) is 0. The summed E-state index contributed by atoms with van der Waals surface area (Å²) in [6.45, 7) is 5.46. The van der Waals surface area contributed by atoms with Crippen molar-refractivity contribution in [3.8, 4) is 5.19 Å². The van der Waals surface area contributed by atoms with E-state index in [1.807, 2.05) is 0 Å². The van der Waals surface area contributed by atoms with Gasteiger partial charge in [-0.05, 0) is 26.4 Å². The van der Waals surface area contributed by atoms with Gasteiger partial charge in [0.25, 0.3) is 5.19 Å². The molecule has 1 aromatic heterocycles. The standard InChI is InChI=1S/C11H20N4OS/c1-3-12-8-10-13-14-11(17-10)16-7-6-15(2)9-4-5-9/h9,12H,3-8H2,1-2H3. The van der Waals surface area contributed by atoms with E-state index in [0.717, 1.165) is 30.7 Å². The monoisotopic (exact) mass is 256 g/mol. The molecule has 96 valence electrons. The van der Waals surface area contributed by atoms with Crippen LogP contribution in [0.3, 0.4) is 0 Å². The van der Waals surface area contributed by atoms with Crippen molar-refractivity contribution in [3.05, 3.63) is 5.01 Å². The van der Waals surface area contributed by atoms with E-state index < -0.39 is 0 Å². The molecule has 0 bridgehead atoms. The third kappa shape index (κ3) is 4.22. The first kappa shape index (κ1) is 12.7. The van der Waals surface area contributed by atoms with Gasteiger partial charge in [-0.25, -0.2) is 0 Å². The Morgan fingerprint density at radius 2 is 2.29 bits per heavy atom. The van der Waals surface area contributed by atoms with E-state index in [1.165, 1.54) is 24.2 Å². The first-order chi connectivity index (χ1) is 8.29. The fourth-order valence-corrected chi connectivity index (χ4v) is 2.26. The Morgan fingerprint density at radius 3 is 3.00 bits per heavy atom. The molecule has 1 aliphatic carbocycles. The lowest BCUT2D eigenvalue weighted by molar-refractivity contribution is 0.230. The molecule has 0 amide bonds. The van der Waals surface area contributed by atoms with Crippen molar-refractivity contribution in [2.75, 3.05) is 26.7 Å². The molecule has 0 aliphatic heterocycles. The molecule has 1 heterocycles. The van der Waals surface area contributed by atoms with Crippen molar-refractivity contribution in [1.82, 2.24) is 20.4 Å². The molecular weight excluding hydrogens is 236 g/mol. The molecule has 0 radical (unpaired) electrons. The summed E-state index contributed by atoms with van der Waals surface area (Å²) >= 11 is 1.52. The van der Waals surface area contributed by atoms with Gasteiger partial charge in [0.2, 0.25) is 0 Å². The van der Waals surface area contributed by atoms with Crippen LogP contribution in [0.25, 0.3) is 0 Å². The zero-order valence-electron chi connectivity index (χ0n) is 10.5.